The van der Waals surface area contributed by atoms with Crippen molar-refractivity contribution < 1.29 is 26.7 Å². The largest absolute Gasteiger partial charge is 0.416 e. The molecule has 0 saturated carbocycles. The third-order valence-electron chi connectivity index (χ3n) is 8.94. The van der Waals surface area contributed by atoms with Crippen LogP contribution >= 0.6 is 11.8 Å². The smallest absolute Gasteiger partial charge is 0.337 e. The van der Waals surface area contributed by atoms with E-state index in [4.69, 9.17) is 0 Å². The molecule has 0 aliphatic carbocycles. The molecule has 53 heavy (non-hydrogen) atoms. The number of fused-ring (bicyclic) bond motifs is 1. The van der Waals surface area contributed by atoms with Gasteiger partial charge in [-0.05, 0) is 66.3 Å². The number of aromatic nitrogens is 3. The third kappa shape index (κ3) is 9.23. The number of para-hydroxylation sites is 1. The molecule has 2 heterocycles. The van der Waals surface area contributed by atoms with Gasteiger partial charge in [0.25, 0.3) is 0 Å². The number of thioether (sulfide) groups is 1. The number of nitrogens with zero attached hydrogens (tertiary/aromatic N) is 4. The van der Waals surface area contributed by atoms with Gasteiger partial charge >= 0.3 is 6.18 Å². The van der Waals surface area contributed by atoms with Gasteiger partial charge < -0.3 is 14.0 Å². The first-order valence-electron chi connectivity index (χ1n) is 17.2. The molecule has 0 aliphatic heterocycles. The van der Waals surface area contributed by atoms with Gasteiger partial charge in [0.2, 0.25) is 5.91 Å². The van der Waals surface area contributed by atoms with Crippen molar-refractivity contribution in [1.82, 2.24) is 19.0 Å². The minimum atomic E-state index is -4.42. The van der Waals surface area contributed by atoms with E-state index in [9.17, 15) is 31.5 Å². The highest BCUT2D eigenvalue weighted by molar-refractivity contribution is 7.98. The van der Waals surface area contributed by atoms with Gasteiger partial charge in [0, 0.05) is 48.6 Å². The monoisotopic (exact) mass is 744 g/mol. The highest BCUT2D eigenvalue weighted by atomic mass is 32.2. The molecule has 12 heteroatoms. The van der Waals surface area contributed by atoms with E-state index < -0.39 is 23.4 Å². The van der Waals surface area contributed by atoms with Crippen LogP contribution in [0.4, 0.5) is 22.0 Å². The number of rotatable bonds is 14. The molecular weight excluding hydrogens is 708 g/mol. The van der Waals surface area contributed by atoms with Crippen LogP contribution in [-0.2, 0) is 42.8 Å². The molecule has 0 spiro atoms. The molecule has 0 unspecified atom stereocenters. The number of amides is 1. The number of aryl methyl sites for hydroxylation is 2. The number of benzene rings is 4. The Hall–Kier alpha value is -5.23. The fourth-order valence-corrected chi connectivity index (χ4v) is 7.20. The maximum atomic E-state index is 14.6. The van der Waals surface area contributed by atoms with E-state index in [2.05, 4.69) is 11.9 Å². The number of hydrogen-bond donors (Lipinski definition) is 0. The number of halogens is 5. The average Bonchev–Trinajstić information content (AvgIpc) is 3.60. The number of carbonyl (C=O) groups excluding carboxylic acids is 1. The van der Waals surface area contributed by atoms with Crippen molar-refractivity contribution in [2.24, 2.45) is 0 Å². The van der Waals surface area contributed by atoms with Crippen LogP contribution in [0.5, 0.6) is 0 Å². The van der Waals surface area contributed by atoms with Crippen molar-refractivity contribution in [2.45, 2.75) is 62.8 Å². The number of imidazole rings is 1. The minimum Gasteiger partial charge on any atom is -0.337 e. The maximum Gasteiger partial charge on any atom is 0.416 e. The zero-order valence-corrected chi connectivity index (χ0v) is 29.8. The van der Waals surface area contributed by atoms with Crippen LogP contribution in [0.15, 0.2) is 119 Å². The molecule has 6 rings (SSSR count). The maximum absolute atomic E-state index is 14.6. The van der Waals surface area contributed by atoms with Gasteiger partial charge in [-0.15, -0.1) is 11.8 Å². The Balaban J connectivity index is 1.26. The van der Waals surface area contributed by atoms with E-state index >= 15 is 0 Å². The van der Waals surface area contributed by atoms with Gasteiger partial charge in [0.1, 0.15) is 6.54 Å². The first kappa shape index (κ1) is 37.5. The number of carbonyl (C=O) groups is 1. The van der Waals surface area contributed by atoms with E-state index in [1.807, 2.05) is 35.0 Å². The molecule has 0 radical (unpaired) electrons. The zero-order valence-electron chi connectivity index (χ0n) is 29.0. The number of alkyl halides is 3. The van der Waals surface area contributed by atoms with Crippen LogP contribution in [0, 0.1) is 11.6 Å². The van der Waals surface area contributed by atoms with Gasteiger partial charge in [0.05, 0.1) is 28.1 Å². The summed E-state index contributed by atoms with van der Waals surface area (Å²) in [7, 11) is 0. The number of hydrogen-bond acceptors (Lipinski definition) is 4. The molecule has 274 valence electrons. The van der Waals surface area contributed by atoms with Crippen LogP contribution < -0.4 is 5.43 Å². The fraction of sp³-hybridized carbons (Fsp3) is 0.244. The first-order valence-corrected chi connectivity index (χ1v) is 18.2. The minimum absolute atomic E-state index is 0.0369. The van der Waals surface area contributed by atoms with Crippen LogP contribution in [0.25, 0.3) is 22.0 Å². The molecular formula is C41H37F5N4O2S. The molecule has 6 nitrogen and oxygen atoms in total. The summed E-state index contributed by atoms with van der Waals surface area (Å²) in [6.07, 6.45) is 1.64. The highest BCUT2D eigenvalue weighted by Crippen LogP contribution is 2.31. The van der Waals surface area contributed by atoms with E-state index in [1.165, 1.54) is 30.3 Å². The molecule has 1 amide bonds. The molecule has 0 N–H and O–H groups in total. The van der Waals surface area contributed by atoms with Crippen molar-refractivity contribution in [3.63, 3.8) is 0 Å². The Kier molecular flexibility index (Phi) is 11.8. The van der Waals surface area contributed by atoms with Crippen LogP contribution in [-0.4, -0.2) is 31.5 Å². The van der Waals surface area contributed by atoms with Gasteiger partial charge in [0.15, 0.2) is 17.1 Å². The summed E-state index contributed by atoms with van der Waals surface area (Å²) in [4.78, 5) is 33.7. The predicted molar refractivity (Wildman–Crippen MR) is 197 cm³/mol. The summed E-state index contributed by atoms with van der Waals surface area (Å²) in [6, 6.07) is 24.6. The van der Waals surface area contributed by atoms with Crippen LogP contribution in [0.3, 0.4) is 0 Å². The van der Waals surface area contributed by atoms with Crippen molar-refractivity contribution in [3.8, 4) is 11.1 Å². The lowest BCUT2D eigenvalue weighted by Crippen LogP contribution is -2.35. The summed E-state index contributed by atoms with van der Waals surface area (Å²) >= 11 is 1.15. The second-order valence-corrected chi connectivity index (χ2v) is 13.7. The topological polar surface area (TPSA) is 60.1 Å². The van der Waals surface area contributed by atoms with Gasteiger partial charge in [-0.25, -0.2) is 13.8 Å². The lowest BCUT2D eigenvalue weighted by molar-refractivity contribution is -0.137. The number of pyridine rings is 1. The summed E-state index contributed by atoms with van der Waals surface area (Å²) in [5, 5.41) is 0.864. The van der Waals surface area contributed by atoms with Gasteiger partial charge in [-0.3, -0.25) is 9.59 Å². The Morgan fingerprint density at radius 3 is 2.34 bits per heavy atom. The molecule has 0 fully saturated rings. The Morgan fingerprint density at radius 2 is 1.62 bits per heavy atom. The Morgan fingerprint density at radius 1 is 0.906 bits per heavy atom. The molecule has 0 saturated heterocycles. The molecule has 0 atom stereocenters. The third-order valence-corrected chi connectivity index (χ3v) is 10.0. The van der Waals surface area contributed by atoms with Crippen molar-refractivity contribution >= 4 is 28.6 Å². The zero-order chi connectivity index (χ0) is 37.5. The summed E-state index contributed by atoms with van der Waals surface area (Å²) in [5.41, 5.74) is 2.81. The van der Waals surface area contributed by atoms with Crippen LogP contribution in [0.2, 0.25) is 0 Å². The highest BCUT2D eigenvalue weighted by Gasteiger charge is 2.30. The molecule has 0 bridgehead atoms. The quantitative estimate of drug-likeness (QED) is 0.0824. The van der Waals surface area contributed by atoms with Gasteiger partial charge in [-0.1, -0.05) is 67.6 Å². The van der Waals surface area contributed by atoms with E-state index in [0.29, 0.717) is 40.9 Å². The van der Waals surface area contributed by atoms with Crippen molar-refractivity contribution in [2.75, 3.05) is 6.54 Å². The predicted octanol–water partition coefficient (Wildman–Crippen LogP) is 9.53. The standard InChI is InChI=1S/C41H37F5N4O2S/c1-2-20-48-24-33(47-27-48)8-6-21-49(23-28-12-14-29(15-13-28)30-16-18-32(19-17-30)41(44,45)46)38(52)25-50-36-11-4-3-9-34(36)37(51)22-39(50)53-26-31-7-5-10-35(42)40(31)43/h3-5,7,9-19,22,24,27H,2,6,8,20-21,23,25-26H2,1H3. The lowest BCUT2D eigenvalue weighted by Gasteiger charge is -2.25. The summed E-state index contributed by atoms with van der Waals surface area (Å²) < 4.78 is 71.6. The normalized spacial score (nSPS) is 11.7. The second-order valence-electron chi connectivity index (χ2n) is 12.7. The first-order chi connectivity index (χ1) is 25.5. The SMILES string of the molecule is CCCn1cnc(CCCN(Cc2ccc(-c3ccc(C(F)(F)F)cc3)cc2)C(=O)Cn2c(SCc3cccc(F)c3F)cc(=O)c3ccccc32)c1. The summed E-state index contributed by atoms with van der Waals surface area (Å²) in [5.74, 6) is -2.11. The Labute approximate surface area is 307 Å². The fourth-order valence-electron chi connectivity index (χ4n) is 6.17. The van der Waals surface area contributed by atoms with E-state index in [-0.39, 0.29) is 35.7 Å². The lowest BCUT2D eigenvalue weighted by atomic mass is 10.0. The average molecular weight is 745 g/mol. The van der Waals surface area contributed by atoms with Gasteiger partial charge in [-0.2, -0.15) is 13.2 Å². The van der Waals surface area contributed by atoms with E-state index in [1.54, 1.807) is 40.1 Å². The van der Waals surface area contributed by atoms with E-state index in [0.717, 1.165) is 59.7 Å². The van der Waals surface area contributed by atoms with Crippen molar-refractivity contribution in [1.29, 1.82) is 0 Å². The second kappa shape index (κ2) is 16.6. The molecule has 6 aromatic rings. The summed E-state index contributed by atoms with van der Waals surface area (Å²) in [6.45, 7) is 3.48. The molecule has 2 aromatic heterocycles. The van der Waals surface area contributed by atoms with Crippen LogP contribution in [0.1, 0.15) is 42.1 Å². The van der Waals surface area contributed by atoms with Crippen molar-refractivity contribution in [3.05, 3.63) is 154 Å². The Bertz CT molecular complexity index is 2250. The molecule has 0 aliphatic rings. The molecule has 4 aromatic carbocycles.